The minimum Gasteiger partial charge on any atom is -0.394 e. The Morgan fingerprint density at radius 1 is 1.62 bits per heavy atom. The van der Waals surface area contributed by atoms with E-state index in [1.165, 1.54) is 0 Å². The Hall–Kier alpha value is -1.36. The van der Waals surface area contributed by atoms with Crippen LogP contribution in [0.5, 0.6) is 0 Å². The Bertz CT molecular complexity index is 311. The molecular formula is C8H12N4O. The molecule has 4 N–H and O–H groups in total. The number of aromatic nitrogens is 2. The van der Waals surface area contributed by atoms with E-state index in [-0.39, 0.29) is 12.1 Å². The fourth-order valence-electron chi connectivity index (χ4n) is 1.14. The molecular weight excluding hydrogens is 168 g/mol. The second-order valence-electron chi connectivity index (χ2n) is 3.37. The molecule has 0 atom stereocenters. The lowest BCUT2D eigenvalue weighted by Crippen LogP contribution is -2.26. The van der Waals surface area contributed by atoms with Crippen molar-refractivity contribution in [3.8, 4) is 0 Å². The molecule has 0 aliphatic heterocycles. The van der Waals surface area contributed by atoms with Crippen LogP contribution in [0.25, 0.3) is 0 Å². The van der Waals surface area contributed by atoms with Crippen LogP contribution < -0.4 is 11.1 Å². The molecule has 13 heavy (non-hydrogen) atoms. The first-order chi connectivity index (χ1) is 6.24. The summed E-state index contributed by atoms with van der Waals surface area (Å²) in [5.41, 5.74) is 5.30. The zero-order chi connectivity index (χ0) is 9.31. The summed E-state index contributed by atoms with van der Waals surface area (Å²) in [7, 11) is 0. The van der Waals surface area contributed by atoms with Crippen molar-refractivity contribution in [1.29, 1.82) is 0 Å². The van der Waals surface area contributed by atoms with Crippen LogP contribution in [0, 0.1) is 0 Å². The lowest BCUT2D eigenvalue weighted by Gasteiger charge is -2.13. The summed E-state index contributed by atoms with van der Waals surface area (Å²) >= 11 is 0. The number of hydrogen-bond acceptors (Lipinski definition) is 5. The van der Waals surface area contributed by atoms with Crippen LogP contribution in [0.2, 0.25) is 0 Å². The van der Waals surface area contributed by atoms with Gasteiger partial charge >= 0.3 is 0 Å². The molecule has 0 amide bonds. The van der Waals surface area contributed by atoms with Crippen molar-refractivity contribution in [2.75, 3.05) is 17.7 Å². The first kappa shape index (κ1) is 8.25. The molecule has 0 bridgehead atoms. The number of hydrogen-bond donors (Lipinski definition) is 3. The van der Waals surface area contributed by atoms with Crippen molar-refractivity contribution in [2.24, 2.45) is 0 Å². The third kappa shape index (κ3) is 1.70. The molecule has 0 saturated heterocycles. The van der Waals surface area contributed by atoms with Gasteiger partial charge in [0.15, 0.2) is 0 Å². The number of aliphatic hydroxyl groups excluding tert-OH is 1. The van der Waals surface area contributed by atoms with E-state index in [9.17, 15) is 0 Å². The monoisotopic (exact) mass is 180 g/mol. The maximum Gasteiger partial charge on any atom is 0.225 e. The highest BCUT2D eigenvalue weighted by Crippen LogP contribution is 2.37. The summed E-state index contributed by atoms with van der Waals surface area (Å²) in [4.78, 5) is 7.99. The average molecular weight is 180 g/mol. The number of nitrogens with two attached hydrogens (primary N) is 1. The van der Waals surface area contributed by atoms with Crippen LogP contribution in [-0.4, -0.2) is 27.2 Å². The average Bonchev–Trinajstić information content (AvgIpc) is 2.86. The molecule has 0 spiro atoms. The van der Waals surface area contributed by atoms with E-state index >= 15 is 0 Å². The number of nitrogens with zero attached hydrogens (tertiary/aromatic N) is 2. The predicted octanol–water partition coefficient (Wildman–Crippen LogP) is -0.00440. The Morgan fingerprint density at radius 3 is 2.92 bits per heavy atom. The van der Waals surface area contributed by atoms with E-state index in [1.807, 2.05) is 0 Å². The SMILES string of the molecule is Nc1ccnc(NC2(CO)CC2)n1. The van der Waals surface area contributed by atoms with Gasteiger partial charge in [0.2, 0.25) is 5.95 Å². The predicted molar refractivity (Wildman–Crippen MR) is 49.1 cm³/mol. The van der Waals surface area contributed by atoms with Gasteiger partial charge in [0.25, 0.3) is 0 Å². The molecule has 5 heteroatoms. The number of anilines is 2. The van der Waals surface area contributed by atoms with Crippen molar-refractivity contribution in [2.45, 2.75) is 18.4 Å². The second kappa shape index (κ2) is 2.85. The quantitative estimate of drug-likeness (QED) is 0.609. The highest BCUT2D eigenvalue weighted by Gasteiger charge is 2.42. The fraction of sp³-hybridized carbons (Fsp3) is 0.500. The van der Waals surface area contributed by atoms with E-state index in [4.69, 9.17) is 10.8 Å². The Balaban J connectivity index is 2.09. The molecule has 1 heterocycles. The lowest BCUT2D eigenvalue weighted by molar-refractivity contribution is 0.265. The molecule has 1 saturated carbocycles. The summed E-state index contributed by atoms with van der Waals surface area (Å²) in [6.45, 7) is 0.116. The first-order valence-electron chi connectivity index (χ1n) is 4.22. The van der Waals surface area contributed by atoms with Gasteiger partial charge in [-0.25, -0.2) is 4.98 Å². The lowest BCUT2D eigenvalue weighted by atomic mass is 10.3. The highest BCUT2D eigenvalue weighted by atomic mass is 16.3. The van der Waals surface area contributed by atoms with E-state index in [2.05, 4.69) is 15.3 Å². The summed E-state index contributed by atoms with van der Waals surface area (Å²) in [5.74, 6) is 0.929. The molecule has 5 nitrogen and oxygen atoms in total. The highest BCUT2D eigenvalue weighted by molar-refractivity contribution is 5.39. The van der Waals surface area contributed by atoms with Crippen LogP contribution >= 0.6 is 0 Å². The topological polar surface area (TPSA) is 84.1 Å². The summed E-state index contributed by atoms with van der Waals surface area (Å²) in [6.07, 6.45) is 3.52. The summed E-state index contributed by atoms with van der Waals surface area (Å²) in [5, 5.41) is 12.1. The largest absolute Gasteiger partial charge is 0.394 e. The van der Waals surface area contributed by atoms with Crippen LogP contribution in [-0.2, 0) is 0 Å². The summed E-state index contributed by atoms with van der Waals surface area (Å²) < 4.78 is 0. The van der Waals surface area contributed by atoms with Crippen molar-refractivity contribution < 1.29 is 5.11 Å². The normalized spacial score (nSPS) is 18.2. The van der Waals surface area contributed by atoms with Crippen LogP contribution in [0.1, 0.15) is 12.8 Å². The van der Waals surface area contributed by atoms with Crippen LogP contribution in [0.3, 0.4) is 0 Å². The molecule has 2 rings (SSSR count). The maximum absolute atomic E-state index is 9.04. The molecule has 1 aromatic rings. The van der Waals surface area contributed by atoms with Crippen molar-refractivity contribution in [3.05, 3.63) is 12.3 Å². The molecule has 0 radical (unpaired) electrons. The minimum atomic E-state index is -0.187. The zero-order valence-electron chi connectivity index (χ0n) is 7.20. The Morgan fingerprint density at radius 2 is 2.38 bits per heavy atom. The number of nitrogens with one attached hydrogen (secondary N) is 1. The fourth-order valence-corrected chi connectivity index (χ4v) is 1.14. The molecule has 0 aromatic carbocycles. The van der Waals surface area contributed by atoms with Gasteiger partial charge in [0.05, 0.1) is 12.1 Å². The van der Waals surface area contributed by atoms with Crippen LogP contribution in [0.4, 0.5) is 11.8 Å². The van der Waals surface area contributed by atoms with Crippen molar-refractivity contribution in [3.63, 3.8) is 0 Å². The Labute approximate surface area is 76.0 Å². The number of aliphatic hydroxyl groups is 1. The zero-order valence-corrected chi connectivity index (χ0v) is 7.20. The first-order valence-corrected chi connectivity index (χ1v) is 4.22. The minimum absolute atomic E-state index is 0.116. The van der Waals surface area contributed by atoms with Crippen molar-refractivity contribution >= 4 is 11.8 Å². The molecule has 1 aromatic heterocycles. The van der Waals surface area contributed by atoms with E-state index in [0.717, 1.165) is 12.8 Å². The molecule has 1 aliphatic rings. The van der Waals surface area contributed by atoms with E-state index in [0.29, 0.717) is 11.8 Å². The third-order valence-electron chi connectivity index (χ3n) is 2.21. The third-order valence-corrected chi connectivity index (χ3v) is 2.21. The van der Waals surface area contributed by atoms with E-state index < -0.39 is 0 Å². The van der Waals surface area contributed by atoms with Gasteiger partial charge in [-0.2, -0.15) is 4.98 Å². The Kier molecular flexibility index (Phi) is 1.81. The van der Waals surface area contributed by atoms with Gasteiger partial charge in [0, 0.05) is 6.20 Å². The van der Waals surface area contributed by atoms with Crippen LogP contribution in [0.15, 0.2) is 12.3 Å². The van der Waals surface area contributed by atoms with Gasteiger partial charge in [-0.05, 0) is 18.9 Å². The maximum atomic E-state index is 9.04. The number of nitrogen functional groups attached to an aromatic ring is 1. The van der Waals surface area contributed by atoms with Gasteiger partial charge < -0.3 is 16.2 Å². The number of rotatable bonds is 3. The van der Waals surface area contributed by atoms with Gasteiger partial charge in [-0.1, -0.05) is 0 Å². The second-order valence-corrected chi connectivity index (χ2v) is 3.37. The standard InChI is InChI=1S/C8H12N4O/c9-6-1-4-10-7(11-6)12-8(5-13)2-3-8/h1,4,13H,2-3,5H2,(H3,9,10,11,12). The smallest absolute Gasteiger partial charge is 0.225 e. The molecule has 1 fully saturated rings. The van der Waals surface area contributed by atoms with E-state index in [1.54, 1.807) is 12.3 Å². The van der Waals surface area contributed by atoms with Gasteiger partial charge in [0.1, 0.15) is 5.82 Å². The molecule has 0 unspecified atom stereocenters. The van der Waals surface area contributed by atoms with Gasteiger partial charge in [-0.15, -0.1) is 0 Å². The van der Waals surface area contributed by atoms with Crippen molar-refractivity contribution in [1.82, 2.24) is 9.97 Å². The molecule has 1 aliphatic carbocycles. The summed E-state index contributed by atoms with van der Waals surface area (Å²) in [6, 6.07) is 1.63. The molecule has 70 valence electrons. The van der Waals surface area contributed by atoms with Gasteiger partial charge in [-0.3, -0.25) is 0 Å².